The molecule has 0 saturated heterocycles. The third-order valence-corrected chi connectivity index (χ3v) is 6.70. The summed E-state index contributed by atoms with van der Waals surface area (Å²) in [5.74, 6) is 0.696. The second kappa shape index (κ2) is 8.44. The minimum atomic E-state index is -0.177. The SMILES string of the molecule is CCCOc1ccc(-c2ccc3ccc4c(C(=O)c5ccccc5O)ccc5ccc2c3c54)cc1. The number of ether oxygens (including phenoxy) is 1. The van der Waals surface area contributed by atoms with Crippen LogP contribution in [0.4, 0.5) is 0 Å². The van der Waals surface area contributed by atoms with Crippen molar-refractivity contribution in [2.24, 2.45) is 0 Å². The lowest BCUT2D eigenvalue weighted by Crippen LogP contribution is -2.03. The molecule has 0 heterocycles. The molecule has 0 fully saturated rings. The van der Waals surface area contributed by atoms with E-state index in [1.807, 2.05) is 30.3 Å². The maximum Gasteiger partial charge on any atom is 0.197 e. The van der Waals surface area contributed by atoms with Gasteiger partial charge in [0.1, 0.15) is 11.5 Å². The Labute approximate surface area is 203 Å². The minimum Gasteiger partial charge on any atom is -0.507 e. The summed E-state index contributed by atoms with van der Waals surface area (Å²) in [7, 11) is 0. The van der Waals surface area contributed by atoms with Gasteiger partial charge in [-0.3, -0.25) is 4.79 Å². The predicted octanol–water partition coefficient (Wildman–Crippen LogP) is 7.98. The van der Waals surface area contributed by atoms with Gasteiger partial charge in [-0.15, -0.1) is 0 Å². The maximum atomic E-state index is 13.4. The number of ketones is 1. The molecule has 0 saturated carbocycles. The highest BCUT2D eigenvalue weighted by atomic mass is 16.5. The van der Waals surface area contributed by atoms with E-state index in [-0.39, 0.29) is 11.5 Å². The first-order valence-electron chi connectivity index (χ1n) is 11.9. The van der Waals surface area contributed by atoms with Crippen molar-refractivity contribution in [2.45, 2.75) is 13.3 Å². The average molecular weight is 457 g/mol. The molecule has 6 aromatic rings. The van der Waals surface area contributed by atoms with Crippen LogP contribution in [0, 0.1) is 0 Å². The van der Waals surface area contributed by atoms with E-state index >= 15 is 0 Å². The highest BCUT2D eigenvalue weighted by Crippen LogP contribution is 2.41. The Balaban J connectivity index is 1.55. The molecule has 0 atom stereocenters. The summed E-state index contributed by atoms with van der Waals surface area (Å²) < 4.78 is 5.76. The largest absolute Gasteiger partial charge is 0.507 e. The van der Waals surface area contributed by atoms with Crippen LogP contribution in [-0.2, 0) is 0 Å². The topological polar surface area (TPSA) is 46.5 Å². The first-order valence-corrected chi connectivity index (χ1v) is 11.9. The molecule has 6 rings (SSSR count). The van der Waals surface area contributed by atoms with E-state index < -0.39 is 0 Å². The van der Waals surface area contributed by atoms with Crippen molar-refractivity contribution in [3.8, 4) is 22.6 Å². The molecular weight excluding hydrogens is 432 g/mol. The van der Waals surface area contributed by atoms with E-state index in [0.717, 1.165) is 55.6 Å². The van der Waals surface area contributed by atoms with Gasteiger partial charge in [0.25, 0.3) is 0 Å². The van der Waals surface area contributed by atoms with Crippen LogP contribution in [0.25, 0.3) is 43.4 Å². The molecule has 35 heavy (non-hydrogen) atoms. The van der Waals surface area contributed by atoms with Crippen LogP contribution in [0.2, 0.25) is 0 Å². The number of hydrogen-bond donors (Lipinski definition) is 1. The molecule has 6 aromatic carbocycles. The number of carbonyl (C=O) groups is 1. The quantitative estimate of drug-likeness (QED) is 0.204. The van der Waals surface area contributed by atoms with E-state index in [1.54, 1.807) is 24.3 Å². The van der Waals surface area contributed by atoms with E-state index in [0.29, 0.717) is 17.7 Å². The van der Waals surface area contributed by atoms with Crippen molar-refractivity contribution in [1.29, 1.82) is 0 Å². The van der Waals surface area contributed by atoms with Crippen LogP contribution in [0.5, 0.6) is 11.5 Å². The summed E-state index contributed by atoms with van der Waals surface area (Å²) in [4.78, 5) is 13.4. The van der Waals surface area contributed by atoms with Crippen LogP contribution in [0.3, 0.4) is 0 Å². The van der Waals surface area contributed by atoms with Crippen molar-refractivity contribution in [1.82, 2.24) is 0 Å². The van der Waals surface area contributed by atoms with E-state index in [4.69, 9.17) is 4.74 Å². The molecule has 0 amide bonds. The summed E-state index contributed by atoms with van der Waals surface area (Å²) in [6, 6.07) is 31.5. The van der Waals surface area contributed by atoms with Gasteiger partial charge in [0.05, 0.1) is 12.2 Å². The monoisotopic (exact) mass is 456 g/mol. The first kappa shape index (κ1) is 21.2. The van der Waals surface area contributed by atoms with Crippen LogP contribution < -0.4 is 4.74 Å². The molecule has 0 aliphatic carbocycles. The molecule has 1 N–H and O–H groups in total. The number of benzene rings is 6. The Hall–Kier alpha value is -4.37. The fourth-order valence-corrected chi connectivity index (χ4v) is 5.01. The number of aromatic hydroxyl groups is 1. The Morgan fingerprint density at radius 3 is 2.11 bits per heavy atom. The summed E-state index contributed by atoms with van der Waals surface area (Å²) in [5.41, 5.74) is 3.17. The van der Waals surface area contributed by atoms with Gasteiger partial charge in [-0.2, -0.15) is 0 Å². The molecule has 170 valence electrons. The summed E-state index contributed by atoms with van der Waals surface area (Å²) >= 11 is 0. The van der Waals surface area contributed by atoms with Gasteiger partial charge in [-0.05, 0) is 80.2 Å². The second-order valence-corrected chi connectivity index (χ2v) is 8.87. The molecule has 0 spiro atoms. The molecule has 0 unspecified atom stereocenters. The zero-order chi connectivity index (χ0) is 23.9. The van der Waals surface area contributed by atoms with Gasteiger partial charge >= 0.3 is 0 Å². The molecule has 0 radical (unpaired) electrons. The minimum absolute atomic E-state index is 0.00292. The lowest BCUT2D eigenvalue weighted by Gasteiger charge is -2.16. The van der Waals surface area contributed by atoms with Crippen LogP contribution >= 0.6 is 0 Å². The molecule has 0 bridgehead atoms. The standard InChI is InChI=1S/C32H24O3/c1-2-19-35-23-13-7-20(8-14-23)24-15-9-21-11-17-26-27(32(34)28-5-3-4-6-29(28)33)18-12-22-10-16-25(24)30(21)31(22)26/h3-18,33H,2,19H2,1H3. The predicted molar refractivity (Wildman–Crippen MR) is 143 cm³/mol. The third kappa shape index (κ3) is 3.48. The van der Waals surface area contributed by atoms with Gasteiger partial charge in [0.2, 0.25) is 0 Å². The van der Waals surface area contributed by atoms with Crippen molar-refractivity contribution < 1.29 is 14.6 Å². The average Bonchev–Trinajstić information content (AvgIpc) is 2.90. The zero-order valence-corrected chi connectivity index (χ0v) is 19.4. The molecule has 3 heteroatoms. The molecule has 0 aliphatic heterocycles. The molecule has 3 nitrogen and oxygen atoms in total. The number of carbonyl (C=O) groups excluding carboxylic acids is 1. The van der Waals surface area contributed by atoms with Crippen molar-refractivity contribution >= 4 is 38.1 Å². The summed E-state index contributed by atoms with van der Waals surface area (Å²) in [5, 5.41) is 16.8. The van der Waals surface area contributed by atoms with E-state index in [9.17, 15) is 9.90 Å². The van der Waals surface area contributed by atoms with Gasteiger partial charge in [0, 0.05) is 5.56 Å². The summed E-state index contributed by atoms with van der Waals surface area (Å²) in [6.07, 6.45) is 0.977. The lowest BCUT2D eigenvalue weighted by molar-refractivity contribution is 0.103. The third-order valence-electron chi connectivity index (χ3n) is 6.70. The normalized spacial score (nSPS) is 11.5. The Kier molecular flexibility index (Phi) is 5.11. The smallest absolute Gasteiger partial charge is 0.197 e. The number of hydrogen-bond acceptors (Lipinski definition) is 3. The molecule has 0 aliphatic rings. The fraction of sp³-hybridized carbons (Fsp3) is 0.0938. The van der Waals surface area contributed by atoms with Crippen LogP contribution in [-0.4, -0.2) is 17.5 Å². The molecular formula is C32H24O3. The van der Waals surface area contributed by atoms with Gasteiger partial charge in [-0.1, -0.05) is 73.7 Å². The number of phenolic OH excluding ortho intramolecular Hbond substituents is 1. The van der Waals surface area contributed by atoms with Crippen LogP contribution in [0.15, 0.2) is 97.1 Å². The van der Waals surface area contributed by atoms with Gasteiger partial charge in [-0.25, -0.2) is 0 Å². The molecule has 0 aromatic heterocycles. The number of rotatable bonds is 6. The fourth-order valence-electron chi connectivity index (χ4n) is 5.01. The van der Waals surface area contributed by atoms with Crippen molar-refractivity contribution in [2.75, 3.05) is 6.61 Å². The zero-order valence-electron chi connectivity index (χ0n) is 19.4. The highest BCUT2D eigenvalue weighted by molar-refractivity contribution is 6.29. The van der Waals surface area contributed by atoms with Crippen molar-refractivity contribution in [3.63, 3.8) is 0 Å². The Bertz CT molecular complexity index is 1700. The number of para-hydroxylation sites is 1. The first-order chi connectivity index (χ1) is 17.2. The number of phenols is 1. The van der Waals surface area contributed by atoms with Crippen molar-refractivity contribution in [3.05, 3.63) is 108 Å². The van der Waals surface area contributed by atoms with Crippen LogP contribution in [0.1, 0.15) is 29.3 Å². The van der Waals surface area contributed by atoms with E-state index in [1.165, 1.54) is 0 Å². The maximum absolute atomic E-state index is 13.4. The van der Waals surface area contributed by atoms with Gasteiger partial charge < -0.3 is 9.84 Å². The summed E-state index contributed by atoms with van der Waals surface area (Å²) in [6.45, 7) is 2.81. The second-order valence-electron chi connectivity index (χ2n) is 8.87. The Morgan fingerprint density at radius 1 is 0.714 bits per heavy atom. The van der Waals surface area contributed by atoms with E-state index in [2.05, 4.69) is 49.4 Å². The highest BCUT2D eigenvalue weighted by Gasteiger charge is 2.19. The lowest BCUT2D eigenvalue weighted by atomic mass is 9.87. The van der Waals surface area contributed by atoms with Gasteiger partial charge in [0.15, 0.2) is 5.78 Å². The Morgan fingerprint density at radius 2 is 1.37 bits per heavy atom.